The lowest BCUT2D eigenvalue weighted by molar-refractivity contribution is 0.0711. The van der Waals surface area contributed by atoms with E-state index >= 15 is 0 Å². The van der Waals surface area contributed by atoms with Gasteiger partial charge in [0.15, 0.2) is 0 Å². The zero-order chi connectivity index (χ0) is 21.4. The maximum absolute atomic E-state index is 13.4. The van der Waals surface area contributed by atoms with Crippen LogP contribution in [0, 0.1) is 6.92 Å². The highest BCUT2D eigenvalue weighted by Gasteiger charge is 2.29. The van der Waals surface area contributed by atoms with Crippen LogP contribution in [-0.4, -0.2) is 41.0 Å². The molecule has 1 unspecified atom stereocenters. The third-order valence-electron chi connectivity index (χ3n) is 5.70. The van der Waals surface area contributed by atoms with Crippen LogP contribution >= 0.6 is 22.7 Å². The minimum absolute atomic E-state index is 0.0839. The molecular weight excluding hydrogens is 426 g/mol. The van der Waals surface area contributed by atoms with E-state index in [2.05, 4.69) is 17.1 Å². The van der Waals surface area contributed by atoms with E-state index in [1.165, 1.54) is 16.0 Å². The van der Waals surface area contributed by atoms with Gasteiger partial charge in [-0.05, 0) is 56.2 Å². The van der Waals surface area contributed by atoms with Crippen molar-refractivity contribution in [2.75, 3.05) is 20.2 Å². The number of piperidine rings is 1. The summed E-state index contributed by atoms with van der Waals surface area (Å²) in [6, 6.07) is 16.0. The predicted octanol–water partition coefficient (Wildman–Crippen LogP) is 5.76. The number of aromatic nitrogens is 2. The number of rotatable bonds is 4. The van der Waals surface area contributed by atoms with Crippen LogP contribution in [0.3, 0.4) is 0 Å². The number of benzene rings is 2. The summed E-state index contributed by atoms with van der Waals surface area (Å²) in [5, 5.41) is 2.00. The fourth-order valence-corrected chi connectivity index (χ4v) is 6.16. The summed E-state index contributed by atoms with van der Waals surface area (Å²) >= 11 is 3.22. The number of nitrogens with zero attached hydrogens (tertiary/aromatic N) is 3. The number of likely N-dealkylation sites (tertiary alicyclic amines) is 1. The maximum atomic E-state index is 13.4. The number of carbonyl (C=O) groups excluding carboxylic acids is 1. The van der Waals surface area contributed by atoms with Gasteiger partial charge in [0.2, 0.25) is 0 Å². The molecule has 7 heteroatoms. The molecule has 0 aliphatic carbocycles. The summed E-state index contributed by atoms with van der Waals surface area (Å²) in [4.78, 5) is 25.6. The standard InChI is InChI=1S/C24H23N3O2S2/c1-15-21(31-22(25-15)16-9-11-18(29-2)12-10-16)24(28)27-13-5-6-17(14-27)23-26-19-7-3-4-8-20(19)30-23/h3-4,7-12,17H,5-6,13-14H2,1-2H3. The number of ether oxygens (including phenoxy) is 1. The van der Waals surface area contributed by atoms with Gasteiger partial charge in [-0.15, -0.1) is 22.7 Å². The molecule has 5 nitrogen and oxygen atoms in total. The SMILES string of the molecule is COc1ccc(-c2nc(C)c(C(=O)N3CCCC(c4nc5ccccc5s4)C3)s2)cc1. The average molecular weight is 450 g/mol. The Morgan fingerprint density at radius 3 is 2.68 bits per heavy atom. The van der Waals surface area contributed by atoms with E-state index < -0.39 is 0 Å². The third kappa shape index (κ3) is 3.95. The smallest absolute Gasteiger partial charge is 0.265 e. The lowest BCUT2D eigenvalue weighted by atomic mass is 9.98. The van der Waals surface area contributed by atoms with Gasteiger partial charge in [0, 0.05) is 24.6 Å². The summed E-state index contributed by atoms with van der Waals surface area (Å²) in [7, 11) is 1.65. The molecule has 5 rings (SSSR count). The predicted molar refractivity (Wildman–Crippen MR) is 126 cm³/mol. The number of hydrogen-bond acceptors (Lipinski definition) is 6. The molecule has 0 radical (unpaired) electrons. The Bertz CT molecular complexity index is 1200. The zero-order valence-electron chi connectivity index (χ0n) is 17.5. The zero-order valence-corrected chi connectivity index (χ0v) is 19.1. The Kier molecular flexibility index (Phi) is 5.46. The average Bonchev–Trinajstić information content (AvgIpc) is 3.42. The largest absolute Gasteiger partial charge is 0.497 e. The summed E-state index contributed by atoms with van der Waals surface area (Å²) in [5.41, 5.74) is 2.84. The quantitative estimate of drug-likeness (QED) is 0.398. The van der Waals surface area contributed by atoms with Crippen molar-refractivity contribution >= 4 is 38.8 Å². The van der Waals surface area contributed by atoms with Crippen molar-refractivity contribution in [3.05, 3.63) is 64.1 Å². The fourth-order valence-electron chi connectivity index (χ4n) is 4.02. The molecule has 3 heterocycles. The molecule has 1 fully saturated rings. The van der Waals surface area contributed by atoms with E-state index in [4.69, 9.17) is 9.72 Å². The molecule has 158 valence electrons. The summed E-state index contributed by atoms with van der Waals surface area (Å²) in [6.07, 6.45) is 2.07. The first-order valence-corrected chi connectivity index (χ1v) is 12.0. The Morgan fingerprint density at radius 1 is 1.10 bits per heavy atom. The summed E-state index contributed by atoms with van der Waals surface area (Å²) < 4.78 is 6.45. The second kappa shape index (κ2) is 8.40. The normalized spacial score (nSPS) is 16.6. The molecule has 4 aromatic rings. The molecule has 0 N–H and O–H groups in total. The van der Waals surface area contributed by atoms with Crippen molar-refractivity contribution in [3.8, 4) is 16.3 Å². The molecule has 0 spiro atoms. The molecule has 31 heavy (non-hydrogen) atoms. The Morgan fingerprint density at radius 2 is 1.90 bits per heavy atom. The lowest BCUT2D eigenvalue weighted by Crippen LogP contribution is -2.39. The van der Waals surface area contributed by atoms with Gasteiger partial charge < -0.3 is 9.64 Å². The topological polar surface area (TPSA) is 55.3 Å². The minimum atomic E-state index is 0.0839. The second-order valence-electron chi connectivity index (χ2n) is 7.77. The number of aryl methyl sites for hydroxylation is 1. The lowest BCUT2D eigenvalue weighted by Gasteiger charge is -2.31. The van der Waals surface area contributed by atoms with Gasteiger partial charge in [0.25, 0.3) is 5.91 Å². The molecule has 0 bridgehead atoms. The molecule has 0 saturated carbocycles. The first kappa shape index (κ1) is 20.2. The van der Waals surface area contributed by atoms with E-state index in [9.17, 15) is 4.79 Å². The van der Waals surface area contributed by atoms with Crippen LogP contribution in [-0.2, 0) is 0 Å². The highest BCUT2D eigenvalue weighted by molar-refractivity contribution is 7.18. The number of methoxy groups -OCH3 is 1. The number of hydrogen-bond donors (Lipinski definition) is 0. The molecule has 1 amide bonds. The molecule has 1 aliphatic heterocycles. The number of carbonyl (C=O) groups is 1. The first-order chi connectivity index (χ1) is 15.1. The second-order valence-corrected chi connectivity index (χ2v) is 9.83. The van der Waals surface area contributed by atoms with Gasteiger partial charge in [-0.1, -0.05) is 12.1 Å². The van der Waals surface area contributed by atoms with E-state index in [0.717, 1.165) is 56.8 Å². The van der Waals surface area contributed by atoms with E-state index in [1.807, 2.05) is 48.2 Å². The molecule has 1 aliphatic rings. The molecule has 2 aromatic heterocycles. The van der Waals surface area contributed by atoms with Crippen LogP contribution in [0.25, 0.3) is 20.8 Å². The Hall–Kier alpha value is -2.77. The van der Waals surface area contributed by atoms with E-state index in [0.29, 0.717) is 12.5 Å². The highest BCUT2D eigenvalue weighted by Crippen LogP contribution is 2.35. The minimum Gasteiger partial charge on any atom is -0.497 e. The number of thiazole rings is 2. The van der Waals surface area contributed by atoms with Crippen molar-refractivity contribution < 1.29 is 9.53 Å². The van der Waals surface area contributed by atoms with Gasteiger partial charge in [0.05, 0.1) is 28.0 Å². The number of amides is 1. The number of para-hydroxylation sites is 1. The summed E-state index contributed by atoms with van der Waals surface area (Å²) in [6.45, 7) is 3.43. The van der Waals surface area contributed by atoms with Crippen molar-refractivity contribution in [2.45, 2.75) is 25.7 Å². The van der Waals surface area contributed by atoms with Crippen molar-refractivity contribution in [1.82, 2.24) is 14.9 Å². The molecule has 1 atom stereocenters. The monoisotopic (exact) mass is 449 g/mol. The molecular formula is C24H23N3O2S2. The van der Waals surface area contributed by atoms with Gasteiger partial charge >= 0.3 is 0 Å². The van der Waals surface area contributed by atoms with E-state index in [-0.39, 0.29) is 5.91 Å². The number of fused-ring (bicyclic) bond motifs is 1. The van der Waals surface area contributed by atoms with Crippen LogP contribution in [0.2, 0.25) is 0 Å². The van der Waals surface area contributed by atoms with Crippen molar-refractivity contribution in [1.29, 1.82) is 0 Å². The fraction of sp³-hybridized carbons (Fsp3) is 0.292. The van der Waals surface area contributed by atoms with Crippen LogP contribution in [0.1, 0.15) is 39.1 Å². The maximum Gasteiger partial charge on any atom is 0.265 e. The van der Waals surface area contributed by atoms with Crippen molar-refractivity contribution in [3.63, 3.8) is 0 Å². The molecule has 1 saturated heterocycles. The van der Waals surface area contributed by atoms with Crippen molar-refractivity contribution in [2.24, 2.45) is 0 Å². The first-order valence-electron chi connectivity index (χ1n) is 10.4. The summed E-state index contributed by atoms with van der Waals surface area (Å²) in [5.74, 6) is 1.19. The van der Waals surface area contributed by atoms with Crippen LogP contribution < -0.4 is 4.74 Å². The van der Waals surface area contributed by atoms with Crippen LogP contribution in [0.4, 0.5) is 0 Å². The van der Waals surface area contributed by atoms with E-state index in [1.54, 1.807) is 18.4 Å². The van der Waals surface area contributed by atoms with Crippen LogP contribution in [0.15, 0.2) is 48.5 Å². The van der Waals surface area contributed by atoms with Gasteiger partial charge in [0.1, 0.15) is 15.6 Å². The third-order valence-corrected chi connectivity index (χ3v) is 8.09. The Labute approximate surface area is 189 Å². The highest BCUT2D eigenvalue weighted by atomic mass is 32.1. The van der Waals surface area contributed by atoms with Gasteiger partial charge in [-0.25, -0.2) is 9.97 Å². The van der Waals surface area contributed by atoms with Gasteiger partial charge in [-0.2, -0.15) is 0 Å². The molecule has 2 aromatic carbocycles. The Balaban J connectivity index is 1.36. The van der Waals surface area contributed by atoms with Gasteiger partial charge in [-0.3, -0.25) is 4.79 Å². The van der Waals surface area contributed by atoms with Crippen LogP contribution in [0.5, 0.6) is 5.75 Å².